The number of rotatable bonds is 13. The maximum atomic E-state index is 15.6. The second-order valence-corrected chi connectivity index (χ2v) is 18.8. The first-order valence-corrected chi connectivity index (χ1v) is 23.0. The van der Waals surface area contributed by atoms with Gasteiger partial charge < -0.3 is 38.8 Å². The molecule has 3 aromatic rings. The van der Waals surface area contributed by atoms with Gasteiger partial charge in [-0.05, 0) is 66.7 Å². The van der Waals surface area contributed by atoms with Crippen LogP contribution in [-0.4, -0.2) is 96.1 Å². The molecule has 17 heteroatoms. The van der Waals surface area contributed by atoms with Gasteiger partial charge in [-0.3, -0.25) is 19.2 Å². The molecule has 2 N–H and O–H groups in total. The van der Waals surface area contributed by atoms with Gasteiger partial charge in [-0.2, -0.15) is 4.91 Å². The average Bonchev–Trinajstić information content (AvgIpc) is 3.31. The number of nitrogens with zero attached hydrogens (tertiary/aromatic N) is 1. The van der Waals surface area contributed by atoms with Crippen molar-refractivity contribution in [3.63, 3.8) is 0 Å². The molecule has 1 amide bonds. The highest BCUT2D eigenvalue weighted by Gasteiger charge is 2.73. The predicted octanol–water partition coefficient (Wildman–Crippen LogP) is 7.76. The van der Waals surface area contributed by atoms with Crippen LogP contribution < -0.4 is 5.32 Å². The quantitative estimate of drug-likeness (QED) is 0.0721. The second-order valence-electron chi connectivity index (χ2n) is 18.8. The van der Waals surface area contributed by atoms with Crippen molar-refractivity contribution >= 4 is 41.7 Å². The first-order chi connectivity index (χ1) is 32.7. The number of benzene rings is 3. The standard InChI is InChI=1S/C50H56N2O13.C2H4O2/c1-8-24-60-47(58)64-41(39(31-18-12-9-13-19-31)51-44(55)32-20-14-10-15-21-32)46(57)63-36-26-50(52-59)43(65-45(56)33-22-16-11-17-23-33)38-34-27-61-35(34)25-28(2)49(38,7)42(54)40(62-30(4)53)37(29(36)3)48(50,5)6;1-2(3)4/h9-23,28,34-36,38-41,43H,8,24-27H2,1-7H3,(H,51,55);1H3,(H,3,4)/t28?,34?,35?,36-,38?,39-,40?,41+,43-,49?,50?;/m0./s1. The predicted molar refractivity (Wildman–Crippen MR) is 247 cm³/mol. The van der Waals surface area contributed by atoms with Crippen molar-refractivity contribution in [2.24, 2.45) is 33.8 Å². The zero-order valence-electron chi connectivity index (χ0n) is 40.0. The normalized spacial score (nSPS) is 28.3. The van der Waals surface area contributed by atoms with E-state index in [4.69, 9.17) is 38.3 Å². The molecule has 1 saturated heterocycles. The van der Waals surface area contributed by atoms with Crippen LogP contribution in [0.4, 0.5) is 4.79 Å². The summed E-state index contributed by atoms with van der Waals surface area (Å²) in [6.07, 6.45) is -7.33. The third-order valence-corrected chi connectivity index (χ3v) is 14.3. The molecule has 1 aliphatic heterocycles. The van der Waals surface area contributed by atoms with Crippen LogP contribution in [0, 0.1) is 33.5 Å². The summed E-state index contributed by atoms with van der Waals surface area (Å²) in [6.45, 7) is 12.8. The number of amides is 1. The Morgan fingerprint density at radius 1 is 0.870 bits per heavy atom. The number of carbonyl (C=O) groups is 7. The Morgan fingerprint density at radius 3 is 1.99 bits per heavy atom. The van der Waals surface area contributed by atoms with Gasteiger partial charge in [0, 0.05) is 48.5 Å². The maximum Gasteiger partial charge on any atom is 0.509 e. The van der Waals surface area contributed by atoms with Crippen LogP contribution in [0.1, 0.15) is 107 Å². The lowest BCUT2D eigenvalue weighted by atomic mass is 9.44. The van der Waals surface area contributed by atoms with E-state index >= 15 is 9.59 Å². The van der Waals surface area contributed by atoms with E-state index < -0.39 is 100 Å². The van der Waals surface area contributed by atoms with E-state index in [1.807, 2.05) is 6.92 Å². The minimum absolute atomic E-state index is 0.0380. The number of hydrogen-bond donors (Lipinski definition) is 2. The molecule has 1 heterocycles. The molecule has 4 aliphatic rings. The van der Waals surface area contributed by atoms with Crippen molar-refractivity contribution in [1.29, 1.82) is 0 Å². The Hall–Kier alpha value is -6.75. The molecule has 3 aliphatic carbocycles. The number of Topliss-reactive ketones (excluding diaryl/α,β-unsaturated/α-hetero) is 1. The number of ether oxygens (including phenoxy) is 6. The molecule has 17 nitrogen and oxygen atoms in total. The Morgan fingerprint density at radius 2 is 1.45 bits per heavy atom. The van der Waals surface area contributed by atoms with E-state index in [0.717, 1.165) is 6.92 Å². The smallest absolute Gasteiger partial charge is 0.481 e. The molecule has 7 unspecified atom stereocenters. The molecule has 2 bridgehead atoms. The van der Waals surface area contributed by atoms with Crippen LogP contribution in [-0.2, 0) is 47.6 Å². The number of carboxylic acid groups (broad SMARTS) is 1. The Kier molecular flexibility index (Phi) is 15.9. The molecule has 3 fully saturated rings. The Balaban J connectivity index is 0.00000188. The number of nitrogens with one attached hydrogen (secondary N) is 1. The van der Waals surface area contributed by atoms with Crippen LogP contribution in [0.25, 0.3) is 0 Å². The van der Waals surface area contributed by atoms with Crippen molar-refractivity contribution in [1.82, 2.24) is 5.32 Å². The topological polar surface area (TPSA) is 237 Å². The minimum Gasteiger partial charge on any atom is -0.481 e. The van der Waals surface area contributed by atoms with Crippen LogP contribution in [0.15, 0.2) is 107 Å². The van der Waals surface area contributed by atoms with Gasteiger partial charge in [-0.25, -0.2) is 14.4 Å². The van der Waals surface area contributed by atoms with E-state index in [-0.39, 0.29) is 53.9 Å². The zero-order valence-corrected chi connectivity index (χ0v) is 40.0. The highest BCUT2D eigenvalue weighted by Crippen LogP contribution is 2.65. The third kappa shape index (κ3) is 10.2. The fourth-order valence-corrected chi connectivity index (χ4v) is 10.7. The number of carboxylic acids is 1. The molecular weight excluding hydrogens is 893 g/mol. The highest BCUT2D eigenvalue weighted by molar-refractivity contribution is 5.96. The van der Waals surface area contributed by atoms with E-state index in [9.17, 15) is 24.1 Å². The monoisotopic (exact) mass is 952 g/mol. The molecule has 2 saturated carbocycles. The van der Waals surface area contributed by atoms with Crippen molar-refractivity contribution in [3.05, 3.63) is 124 Å². The molecule has 11 atom stereocenters. The number of esters is 3. The number of aliphatic carboxylic acids is 1. The van der Waals surface area contributed by atoms with Crippen LogP contribution in [0.3, 0.4) is 0 Å². The summed E-state index contributed by atoms with van der Waals surface area (Å²) in [5, 5.41) is 14.2. The van der Waals surface area contributed by atoms with Crippen molar-refractivity contribution in [2.75, 3.05) is 13.2 Å². The summed E-state index contributed by atoms with van der Waals surface area (Å²) >= 11 is 0. The fourth-order valence-electron chi connectivity index (χ4n) is 10.7. The summed E-state index contributed by atoms with van der Waals surface area (Å²) in [6, 6.07) is 23.5. The number of hydrogen-bond acceptors (Lipinski definition) is 15. The van der Waals surface area contributed by atoms with E-state index in [0.29, 0.717) is 18.4 Å². The average molecular weight is 953 g/mol. The SMILES string of the molecule is CC(=O)O.CCCOC(=O)O[C@@H](C(=O)O[C@H]1CC2(N=O)[C@@H](OC(=O)c3ccccc3)C3C4COC4CC(C)C3(C)C(=O)C(OC(C)=O)C(=C1C)C2(C)C)[C@@H](NC(=O)c1ccccc1)c1ccccc1. The van der Waals surface area contributed by atoms with E-state index in [2.05, 4.69) is 10.5 Å². The lowest BCUT2D eigenvalue weighted by Gasteiger charge is -2.64. The Bertz CT molecular complexity index is 2440. The molecule has 0 radical (unpaired) electrons. The molecule has 3 aromatic carbocycles. The van der Waals surface area contributed by atoms with Gasteiger partial charge in [0.2, 0.25) is 6.10 Å². The number of fused-ring (bicyclic) bond motifs is 5. The molecule has 0 spiro atoms. The lowest BCUT2D eigenvalue weighted by Crippen LogP contribution is -2.73. The highest BCUT2D eigenvalue weighted by atomic mass is 16.7. The van der Waals surface area contributed by atoms with Gasteiger partial charge in [-0.15, -0.1) is 0 Å². The summed E-state index contributed by atoms with van der Waals surface area (Å²) in [7, 11) is 0. The van der Waals surface area contributed by atoms with Gasteiger partial charge in [0.05, 0.1) is 24.9 Å². The van der Waals surface area contributed by atoms with Crippen molar-refractivity contribution in [2.45, 2.75) is 117 Å². The van der Waals surface area contributed by atoms with Gasteiger partial charge in [0.25, 0.3) is 11.9 Å². The van der Waals surface area contributed by atoms with Crippen LogP contribution >= 0.6 is 0 Å². The second kappa shape index (κ2) is 21.3. The largest absolute Gasteiger partial charge is 0.509 e. The number of ketones is 1. The first kappa shape index (κ1) is 51.6. The zero-order chi connectivity index (χ0) is 50.4. The molecule has 368 valence electrons. The first-order valence-electron chi connectivity index (χ1n) is 23.0. The summed E-state index contributed by atoms with van der Waals surface area (Å²) in [5.41, 5.74) is -3.63. The molecule has 69 heavy (non-hydrogen) atoms. The van der Waals surface area contributed by atoms with E-state index in [1.54, 1.807) is 126 Å². The molecule has 0 aromatic heterocycles. The van der Waals surface area contributed by atoms with Crippen LogP contribution in [0.5, 0.6) is 0 Å². The van der Waals surface area contributed by atoms with Gasteiger partial charge in [-0.1, -0.05) is 107 Å². The summed E-state index contributed by atoms with van der Waals surface area (Å²) < 4.78 is 36.1. The number of carbonyl (C=O) groups excluding carboxylic acids is 6. The van der Waals surface area contributed by atoms with Gasteiger partial charge >= 0.3 is 24.1 Å². The molecular formula is C52H60N2O15. The number of nitroso groups, excluding NO2 is 1. The van der Waals surface area contributed by atoms with Crippen molar-refractivity contribution in [3.8, 4) is 0 Å². The third-order valence-electron chi connectivity index (χ3n) is 14.3. The lowest BCUT2D eigenvalue weighted by molar-refractivity contribution is -0.243. The Labute approximate surface area is 400 Å². The fraction of sp³-hybridized carbons (Fsp3) is 0.481. The van der Waals surface area contributed by atoms with Crippen LogP contribution in [0.2, 0.25) is 0 Å². The summed E-state index contributed by atoms with van der Waals surface area (Å²) in [4.78, 5) is 108. The van der Waals surface area contributed by atoms with Gasteiger partial charge in [0.1, 0.15) is 18.2 Å². The maximum absolute atomic E-state index is 15.6. The molecule has 7 rings (SSSR count). The minimum atomic E-state index is -2.00. The van der Waals surface area contributed by atoms with Gasteiger partial charge in [0.15, 0.2) is 17.4 Å². The van der Waals surface area contributed by atoms with Crippen molar-refractivity contribution < 1.29 is 67.1 Å². The summed E-state index contributed by atoms with van der Waals surface area (Å²) in [5.74, 6) is -6.29. The van der Waals surface area contributed by atoms with E-state index in [1.165, 1.54) is 6.92 Å².